The lowest BCUT2D eigenvalue weighted by Crippen LogP contribution is -2.01. The van der Waals surface area contributed by atoms with Crippen LogP contribution in [0.15, 0.2) is 205 Å². The fourth-order valence-corrected chi connectivity index (χ4v) is 8.16. The van der Waals surface area contributed by atoms with Gasteiger partial charge in [0, 0.05) is 21.9 Å². The van der Waals surface area contributed by atoms with E-state index < -0.39 is 0 Å². The number of benzene rings is 9. The Labute approximate surface area is 329 Å². The zero-order chi connectivity index (χ0) is 37.7. The third-order valence-electron chi connectivity index (χ3n) is 11.0. The van der Waals surface area contributed by atoms with Crippen molar-refractivity contribution in [1.29, 1.82) is 0 Å². The lowest BCUT2D eigenvalue weighted by Gasteiger charge is -2.14. The number of furan rings is 1. The van der Waals surface area contributed by atoms with Gasteiger partial charge in [0.05, 0.1) is 5.56 Å². The van der Waals surface area contributed by atoms with E-state index in [1.54, 1.807) is 0 Å². The van der Waals surface area contributed by atoms with E-state index >= 15 is 0 Å². The van der Waals surface area contributed by atoms with Gasteiger partial charge in [-0.3, -0.25) is 0 Å². The molecule has 4 heteroatoms. The van der Waals surface area contributed by atoms with E-state index in [-0.39, 0.29) is 0 Å². The Balaban J connectivity index is 1.07. The average Bonchev–Trinajstić information content (AvgIpc) is 3.68. The molecule has 0 aliphatic rings. The summed E-state index contributed by atoms with van der Waals surface area (Å²) >= 11 is 0. The predicted octanol–water partition coefficient (Wildman–Crippen LogP) is 14.1. The highest BCUT2D eigenvalue weighted by Gasteiger charge is 2.19. The Morgan fingerprint density at radius 2 is 0.737 bits per heavy atom. The van der Waals surface area contributed by atoms with E-state index in [0.717, 1.165) is 66.1 Å². The minimum Gasteiger partial charge on any atom is -0.455 e. The van der Waals surface area contributed by atoms with Crippen molar-refractivity contribution in [2.45, 2.75) is 0 Å². The maximum Gasteiger partial charge on any atom is 0.167 e. The molecule has 0 atom stereocenters. The second kappa shape index (κ2) is 13.6. The number of hydrogen-bond donors (Lipinski definition) is 0. The van der Waals surface area contributed by atoms with Crippen LogP contribution >= 0.6 is 0 Å². The molecule has 57 heavy (non-hydrogen) atoms. The Morgan fingerprint density at radius 1 is 0.263 bits per heavy atom. The number of rotatable bonds is 6. The standard InChI is InChI=1S/C53H33N3O/c1-2-12-34(13-3-1)35-24-26-38(27-25-35)42-32-33-47(44-18-7-6-17-43(42)44)52-54-51(39-30-28-37(29-31-39)41-20-10-15-36-14-4-5-16-40(36)41)55-53(56-52)48-22-11-21-46-45-19-8-9-23-49(45)57-50(46)48/h1-33H. The SMILES string of the molecule is c1ccc(-c2ccc(-c3ccc(-c4nc(-c5ccc(-c6cccc7ccccc67)cc5)nc(-c5cccc6c5oc5ccccc56)n4)c4ccccc34)cc2)cc1. The lowest BCUT2D eigenvalue weighted by molar-refractivity contribution is 0.669. The maximum atomic E-state index is 6.50. The van der Waals surface area contributed by atoms with Crippen LogP contribution in [0, 0.1) is 0 Å². The summed E-state index contributed by atoms with van der Waals surface area (Å²) in [5.41, 5.74) is 11.3. The van der Waals surface area contributed by atoms with Gasteiger partial charge in [0.25, 0.3) is 0 Å². The molecule has 0 aliphatic carbocycles. The molecular weight excluding hydrogens is 695 g/mol. The van der Waals surface area contributed by atoms with Crippen molar-refractivity contribution in [2.24, 2.45) is 0 Å². The number of nitrogens with zero attached hydrogens (tertiary/aromatic N) is 3. The van der Waals surface area contributed by atoms with E-state index in [1.165, 1.54) is 27.5 Å². The van der Waals surface area contributed by atoms with Gasteiger partial charge in [-0.2, -0.15) is 0 Å². The van der Waals surface area contributed by atoms with Crippen molar-refractivity contribution in [3.8, 4) is 67.5 Å². The van der Waals surface area contributed by atoms with Crippen LogP contribution in [0.5, 0.6) is 0 Å². The molecule has 4 nitrogen and oxygen atoms in total. The summed E-state index contributed by atoms with van der Waals surface area (Å²) in [6.45, 7) is 0. The molecule has 2 heterocycles. The molecule has 0 radical (unpaired) electrons. The van der Waals surface area contributed by atoms with E-state index in [1.807, 2.05) is 30.3 Å². The molecule has 266 valence electrons. The summed E-state index contributed by atoms with van der Waals surface area (Å²) < 4.78 is 6.50. The van der Waals surface area contributed by atoms with Gasteiger partial charge in [0.2, 0.25) is 0 Å². The van der Waals surface area contributed by atoms with E-state index in [9.17, 15) is 0 Å². The number of hydrogen-bond acceptors (Lipinski definition) is 4. The van der Waals surface area contributed by atoms with Gasteiger partial charge in [-0.25, -0.2) is 15.0 Å². The highest BCUT2D eigenvalue weighted by atomic mass is 16.3. The van der Waals surface area contributed by atoms with Crippen LogP contribution in [0.4, 0.5) is 0 Å². The van der Waals surface area contributed by atoms with Crippen LogP contribution in [0.2, 0.25) is 0 Å². The van der Waals surface area contributed by atoms with Crippen molar-refractivity contribution >= 4 is 43.5 Å². The minimum atomic E-state index is 0.558. The van der Waals surface area contributed by atoms with Crippen LogP contribution in [0.25, 0.3) is 111 Å². The topological polar surface area (TPSA) is 51.8 Å². The normalized spacial score (nSPS) is 11.5. The highest BCUT2D eigenvalue weighted by Crippen LogP contribution is 2.39. The van der Waals surface area contributed by atoms with Gasteiger partial charge in [0.1, 0.15) is 11.2 Å². The Morgan fingerprint density at radius 3 is 1.51 bits per heavy atom. The quantitative estimate of drug-likeness (QED) is 0.171. The molecule has 0 N–H and O–H groups in total. The van der Waals surface area contributed by atoms with Crippen LogP contribution in [0.3, 0.4) is 0 Å². The second-order valence-electron chi connectivity index (χ2n) is 14.3. The fraction of sp³-hybridized carbons (Fsp3) is 0. The van der Waals surface area contributed by atoms with E-state index in [4.69, 9.17) is 19.4 Å². The van der Waals surface area contributed by atoms with Crippen molar-refractivity contribution in [2.75, 3.05) is 0 Å². The zero-order valence-electron chi connectivity index (χ0n) is 30.8. The fourth-order valence-electron chi connectivity index (χ4n) is 8.16. The van der Waals surface area contributed by atoms with Crippen LogP contribution < -0.4 is 0 Å². The van der Waals surface area contributed by atoms with Gasteiger partial charge in [-0.1, -0.05) is 182 Å². The van der Waals surface area contributed by atoms with Crippen LogP contribution in [-0.2, 0) is 0 Å². The third-order valence-corrected chi connectivity index (χ3v) is 11.0. The third kappa shape index (κ3) is 5.74. The molecule has 2 aromatic heterocycles. The van der Waals surface area contributed by atoms with Gasteiger partial charge in [-0.05, 0) is 73.1 Å². The second-order valence-corrected chi connectivity index (χ2v) is 14.3. The summed E-state index contributed by atoms with van der Waals surface area (Å²) in [5.74, 6) is 1.75. The summed E-state index contributed by atoms with van der Waals surface area (Å²) in [6, 6.07) is 70.0. The number of para-hydroxylation sites is 2. The number of fused-ring (bicyclic) bond motifs is 5. The summed E-state index contributed by atoms with van der Waals surface area (Å²) in [6.07, 6.45) is 0. The molecule has 11 aromatic rings. The first-order valence-electron chi connectivity index (χ1n) is 19.2. The van der Waals surface area contributed by atoms with Crippen molar-refractivity contribution < 1.29 is 4.42 Å². The van der Waals surface area contributed by atoms with Crippen LogP contribution in [0.1, 0.15) is 0 Å². The summed E-state index contributed by atoms with van der Waals surface area (Å²) in [4.78, 5) is 15.6. The van der Waals surface area contributed by atoms with Crippen LogP contribution in [-0.4, -0.2) is 15.0 Å². The maximum absolute atomic E-state index is 6.50. The van der Waals surface area contributed by atoms with E-state index in [0.29, 0.717) is 17.5 Å². The molecule has 0 aliphatic heterocycles. The molecule has 9 aromatic carbocycles. The molecule has 11 rings (SSSR count). The van der Waals surface area contributed by atoms with E-state index in [2.05, 4.69) is 170 Å². The molecule has 0 fully saturated rings. The first kappa shape index (κ1) is 32.7. The van der Waals surface area contributed by atoms with Crippen molar-refractivity contribution in [3.05, 3.63) is 200 Å². The first-order chi connectivity index (χ1) is 28.2. The Hall–Kier alpha value is -7.69. The summed E-state index contributed by atoms with van der Waals surface area (Å²) in [7, 11) is 0. The average molecular weight is 728 g/mol. The van der Waals surface area contributed by atoms with Crippen molar-refractivity contribution in [1.82, 2.24) is 15.0 Å². The molecular formula is C53H33N3O. The lowest BCUT2D eigenvalue weighted by atomic mass is 9.93. The molecule has 0 saturated heterocycles. The smallest absolute Gasteiger partial charge is 0.167 e. The van der Waals surface area contributed by atoms with Gasteiger partial charge in [0.15, 0.2) is 17.5 Å². The van der Waals surface area contributed by atoms with Gasteiger partial charge >= 0.3 is 0 Å². The Bertz CT molecular complexity index is 3270. The summed E-state index contributed by atoms with van der Waals surface area (Å²) in [5, 5.41) is 6.72. The molecule has 0 saturated carbocycles. The molecule has 0 spiro atoms. The highest BCUT2D eigenvalue weighted by molar-refractivity contribution is 6.09. The monoisotopic (exact) mass is 727 g/mol. The molecule has 0 bridgehead atoms. The van der Waals surface area contributed by atoms with Gasteiger partial charge in [-0.15, -0.1) is 0 Å². The van der Waals surface area contributed by atoms with Gasteiger partial charge < -0.3 is 4.42 Å². The molecule has 0 amide bonds. The number of aromatic nitrogens is 3. The first-order valence-corrected chi connectivity index (χ1v) is 19.2. The molecule has 0 unspecified atom stereocenters. The minimum absolute atomic E-state index is 0.558. The van der Waals surface area contributed by atoms with Crippen molar-refractivity contribution in [3.63, 3.8) is 0 Å². The predicted molar refractivity (Wildman–Crippen MR) is 235 cm³/mol. The largest absolute Gasteiger partial charge is 0.455 e. The zero-order valence-corrected chi connectivity index (χ0v) is 30.8. The Kier molecular flexibility index (Phi) is 7.78.